The number of ether oxygens (including phenoxy) is 2. The predicted octanol–water partition coefficient (Wildman–Crippen LogP) is 3.72. The Hall–Kier alpha value is -2.54. The van der Waals surface area contributed by atoms with Crippen LogP contribution in [0.3, 0.4) is 0 Å². The van der Waals surface area contributed by atoms with E-state index in [1.54, 1.807) is 25.1 Å². The summed E-state index contributed by atoms with van der Waals surface area (Å²) in [5, 5.41) is 2.16. The first-order chi connectivity index (χ1) is 12.7. The average molecular weight is 391 g/mol. The van der Waals surface area contributed by atoms with E-state index in [1.165, 1.54) is 26.4 Å². The summed E-state index contributed by atoms with van der Waals surface area (Å²) in [5.74, 6) is 0.0679. The molecule has 0 aromatic heterocycles. The predicted molar refractivity (Wildman–Crippen MR) is 105 cm³/mol. The molecule has 7 heteroatoms. The molecule has 1 unspecified atom stereocenters. The first-order valence-electron chi connectivity index (χ1n) is 8.58. The van der Waals surface area contributed by atoms with E-state index >= 15 is 0 Å². The molecule has 146 valence electrons. The van der Waals surface area contributed by atoms with Crippen LogP contribution < -0.4 is 10.1 Å². The number of carbonyl (C=O) groups excluding carboxylic acids is 1. The number of hydrogen-bond donors (Lipinski definition) is 1. The van der Waals surface area contributed by atoms with E-state index in [2.05, 4.69) is 5.32 Å². The van der Waals surface area contributed by atoms with E-state index in [9.17, 15) is 13.2 Å². The van der Waals surface area contributed by atoms with Crippen molar-refractivity contribution in [2.45, 2.75) is 37.5 Å². The summed E-state index contributed by atoms with van der Waals surface area (Å²) in [6.45, 7) is 5.48. The van der Waals surface area contributed by atoms with E-state index in [0.29, 0.717) is 23.4 Å². The summed E-state index contributed by atoms with van der Waals surface area (Å²) < 4.78 is 36.1. The summed E-state index contributed by atoms with van der Waals surface area (Å²) in [7, 11) is -0.846. The van der Waals surface area contributed by atoms with Crippen molar-refractivity contribution in [3.8, 4) is 5.75 Å². The van der Waals surface area contributed by atoms with Gasteiger partial charge >= 0.3 is 5.97 Å². The highest BCUT2D eigenvalue weighted by molar-refractivity contribution is 7.92. The molecule has 0 aliphatic rings. The molecule has 0 heterocycles. The summed E-state index contributed by atoms with van der Waals surface area (Å²) in [5.41, 5.74) is 2.46. The number of sulfone groups is 1. The monoisotopic (exact) mass is 391 g/mol. The maximum atomic E-state index is 13.1. The highest BCUT2D eigenvalue weighted by atomic mass is 32.2. The average Bonchev–Trinajstić information content (AvgIpc) is 2.66. The molecule has 0 spiro atoms. The number of esters is 1. The number of benzene rings is 2. The third-order valence-corrected chi connectivity index (χ3v) is 6.45. The molecule has 0 saturated carbocycles. The fourth-order valence-electron chi connectivity index (χ4n) is 2.92. The van der Waals surface area contributed by atoms with Crippen LogP contribution in [0.2, 0.25) is 0 Å². The Labute approximate surface area is 160 Å². The van der Waals surface area contributed by atoms with Crippen molar-refractivity contribution in [2.75, 3.05) is 19.5 Å². The number of carbonyl (C=O) groups is 1. The molecule has 2 aromatic carbocycles. The normalized spacial score (nSPS) is 12.3. The standard InChI is InChI=1S/C20H25NO5S/c1-6-18(27(23,24)16-9-7-15(25-4)8-10-16)21-19-14(3)11-13(2)12-17(19)20(22)26-5/h7-12,18,21H,6H2,1-5H3. The Morgan fingerprint density at radius 1 is 1.11 bits per heavy atom. The van der Waals surface area contributed by atoms with Gasteiger partial charge in [-0.2, -0.15) is 0 Å². The molecule has 2 aromatic rings. The molecule has 1 atom stereocenters. The van der Waals surface area contributed by atoms with Gasteiger partial charge < -0.3 is 14.8 Å². The number of rotatable bonds is 7. The van der Waals surface area contributed by atoms with Crippen LogP contribution in [-0.4, -0.2) is 34.0 Å². The Balaban J connectivity index is 2.45. The van der Waals surface area contributed by atoms with Gasteiger partial charge in [0, 0.05) is 0 Å². The van der Waals surface area contributed by atoms with Gasteiger partial charge in [0.15, 0.2) is 9.84 Å². The second-order valence-corrected chi connectivity index (χ2v) is 8.39. The van der Waals surface area contributed by atoms with E-state index in [1.807, 2.05) is 19.9 Å². The smallest absolute Gasteiger partial charge is 0.339 e. The molecule has 1 N–H and O–H groups in total. The Kier molecular flexibility index (Phi) is 6.49. The second kappa shape index (κ2) is 8.43. The highest BCUT2D eigenvalue weighted by Crippen LogP contribution is 2.28. The lowest BCUT2D eigenvalue weighted by atomic mass is 10.0. The molecule has 0 radical (unpaired) electrons. The van der Waals surface area contributed by atoms with Gasteiger partial charge in [-0.25, -0.2) is 13.2 Å². The molecule has 0 aliphatic carbocycles. The van der Waals surface area contributed by atoms with Crippen molar-refractivity contribution in [3.63, 3.8) is 0 Å². The summed E-state index contributed by atoms with van der Waals surface area (Å²) in [6.07, 6.45) is 0.322. The zero-order valence-corrected chi connectivity index (χ0v) is 17.0. The van der Waals surface area contributed by atoms with Crippen molar-refractivity contribution >= 4 is 21.5 Å². The minimum Gasteiger partial charge on any atom is -0.497 e. The van der Waals surface area contributed by atoms with Gasteiger partial charge in [-0.05, 0) is 61.7 Å². The Morgan fingerprint density at radius 3 is 2.26 bits per heavy atom. The van der Waals surface area contributed by atoms with E-state index in [-0.39, 0.29) is 4.90 Å². The van der Waals surface area contributed by atoms with Gasteiger partial charge in [0.25, 0.3) is 0 Å². The molecule has 6 nitrogen and oxygen atoms in total. The van der Waals surface area contributed by atoms with Crippen molar-refractivity contribution in [3.05, 3.63) is 53.1 Å². The number of hydrogen-bond acceptors (Lipinski definition) is 6. The maximum absolute atomic E-state index is 13.1. The van der Waals surface area contributed by atoms with Crippen LogP contribution in [0, 0.1) is 13.8 Å². The largest absolute Gasteiger partial charge is 0.497 e. The first kappa shape index (κ1) is 20.8. The van der Waals surface area contributed by atoms with E-state index in [0.717, 1.165) is 11.1 Å². The fraction of sp³-hybridized carbons (Fsp3) is 0.350. The van der Waals surface area contributed by atoms with Gasteiger partial charge in [0.05, 0.1) is 30.4 Å². The Bertz CT molecular complexity index is 920. The van der Waals surface area contributed by atoms with Crippen LogP contribution >= 0.6 is 0 Å². The van der Waals surface area contributed by atoms with Gasteiger partial charge in [-0.3, -0.25) is 0 Å². The molecular weight excluding hydrogens is 366 g/mol. The zero-order valence-electron chi connectivity index (χ0n) is 16.2. The maximum Gasteiger partial charge on any atom is 0.339 e. The van der Waals surface area contributed by atoms with Gasteiger partial charge in [0.2, 0.25) is 0 Å². The lowest BCUT2D eigenvalue weighted by Crippen LogP contribution is -2.30. The number of methoxy groups -OCH3 is 2. The minimum absolute atomic E-state index is 0.187. The highest BCUT2D eigenvalue weighted by Gasteiger charge is 2.28. The summed E-state index contributed by atoms with van der Waals surface area (Å²) in [6, 6.07) is 9.83. The second-order valence-electron chi connectivity index (χ2n) is 6.26. The first-order valence-corrected chi connectivity index (χ1v) is 10.1. The topological polar surface area (TPSA) is 81.7 Å². The van der Waals surface area contributed by atoms with Crippen LogP contribution in [0.4, 0.5) is 5.69 Å². The summed E-state index contributed by atoms with van der Waals surface area (Å²) in [4.78, 5) is 12.4. The third-order valence-electron chi connectivity index (χ3n) is 4.32. The van der Waals surface area contributed by atoms with Crippen molar-refractivity contribution < 1.29 is 22.7 Å². The zero-order chi connectivity index (χ0) is 20.2. The van der Waals surface area contributed by atoms with Gasteiger partial charge in [-0.15, -0.1) is 0 Å². The number of anilines is 1. The van der Waals surface area contributed by atoms with Crippen LogP contribution in [0.15, 0.2) is 41.3 Å². The number of nitrogens with one attached hydrogen (secondary N) is 1. The molecular formula is C20H25NO5S. The molecule has 0 amide bonds. The molecule has 0 fully saturated rings. The van der Waals surface area contributed by atoms with Gasteiger partial charge in [-0.1, -0.05) is 13.0 Å². The molecule has 2 rings (SSSR count). The van der Waals surface area contributed by atoms with Crippen molar-refractivity contribution in [1.29, 1.82) is 0 Å². The molecule has 27 heavy (non-hydrogen) atoms. The van der Waals surface area contributed by atoms with Crippen molar-refractivity contribution in [1.82, 2.24) is 0 Å². The molecule has 0 saturated heterocycles. The van der Waals surface area contributed by atoms with Gasteiger partial charge in [0.1, 0.15) is 11.1 Å². The Morgan fingerprint density at radius 2 is 1.74 bits per heavy atom. The third kappa shape index (κ3) is 4.42. The summed E-state index contributed by atoms with van der Waals surface area (Å²) >= 11 is 0. The molecule has 0 bridgehead atoms. The van der Waals surface area contributed by atoms with Crippen LogP contribution in [-0.2, 0) is 14.6 Å². The van der Waals surface area contributed by atoms with E-state index in [4.69, 9.17) is 9.47 Å². The lowest BCUT2D eigenvalue weighted by Gasteiger charge is -2.22. The van der Waals surface area contributed by atoms with Crippen LogP contribution in [0.1, 0.15) is 34.8 Å². The van der Waals surface area contributed by atoms with E-state index < -0.39 is 21.2 Å². The van der Waals surface area contributed by atoms with Crippen LogP contribution in [0.25, 0.3) is 0 Å². The van der Waals surface area contributed by atoms with Crippen molar-refractivity contribution in [2.24, 2.45) is 0 Å². The quantitative estimate of drug-likeness (QED) is 0.725. The van der Waals surface area contributed by atoms with Crippen LogP contribution in [0.5, 0.6) is 5.75 Å². The minimum atomic E-state index is -3.67. The SMILES string of the molecule is CCC(Nc1c(C)cc(C)cc1C(=O)OC)S(=O)(=O)c1ccc(OC)cc1. The fourth-order valence-corrected chi connectivity index (χ4v) is 4.48. The molecule has 0 aliphatic heterocycles. The number of aryl methyl sites for hydroxylation is 2. The lowest BCUT2D eigenvalue weighted by molar-refractivity contribution is 0.0601.